The highest BCUT2D eigenvalue weighted by Gasteiger charge is 2.30. The molecular weight excluding hydrogens is 496 g/mol. The monoisotopic (exact) mass is 524 g/mol. The highest BCUT2D eigenvalue weighted by Crippen LogP contribution is 2.39. The smallest absolute Gasteiger partial charge is 0.291 e. The number of hydrogen-bond donors (Lipinski definition) is 3. The summed E-state index contributed by atoms with van der Waals surface area (Å²) in [5.41, 5.74) is 9.34. The third kappa shape index (κ3) is 5.34. The van der Waals surface area contributed by atoms with Crippen LogP contribution < -0.4 is 16.0 Å². The minimum atomic E-state index is -1.22. The van der Waals surface area contributed by atoms with E-state index in [0.29, 0.717) is 55.0 Å². The zero-order valence-electron chi connectivity index (χ0n) is 21.2. The Morgan fingerprint density at radius 3 is 2.62 bits per heavy atom. The number of amides is 1. The Labute approximate surface area is 225 Å². The number of ether oxygens (including phenoxy) is 2. The van der Waals surface area contributed by atoms with E-state index in [-0.39, 0.29) is 11.9 Å². The summed E-state index contributed by atoms with van der Waals surface area (Å²) in [7, 11) is 0. The second kappa shape index (κ2) is 10.6. The van der Waals surface area contributed by atoms with Crippen LogP contribution in [0.15, 0.2) is 70.8 Å². The van der Waals surface area contributed by atoms with Gasteiger partial charge in [-0.15, -0.1) is 0 Å². The molecule has 6 rings (SSSR count). The lowest BCUT2D eigenvalue weighted by Crippen LogP contribution is -2.38. The first kappa shape index (κ1) is 24.7. The van der Waals surface area contributed by atoms with Crippen LogP contribution in [0.3, 0.4) is 0 Å². The van der Waals surface area contributed by atoms with Crippen molar-refractivity contribution in [1.29, 1.82) is 5.41 Å². The van der Waals surface area contributed by atoms with Gasteiger partial charge in [0.05, 0.1) is 30.2 Å². The predicted octanol–water partition coefficient (Wildman–Crippen LogP) is 2.66. The Bertz CT molecular complexity index is 1460. The van der Waals surface area contributed by atoms with Gasteiger partial charge >= 0.3 is 0 Å². The van der Waals surface area contributed by atoms with Crippen molar-refractivity contribution in [3.05, 3.63) is 83.3 Å². The lowest BCUT2D eigenvalue weighted by atomic mass is 10.0. The fourth-order valence-corrected chi connectivity index (χ4v) is 4.57. The second-order valence-corrected chi connectivity index (χ2v) is 9.49. The van der Waals surface area contributed by atoms with Gasteiger partial charge in [0.2, 0.25) is 12.1 Å². The van der Waals surface area contributed by atoms with Gasteiger partial charge in [-0.05, 0) is 18.9 Å². The van der Waals surface area contributed by atoms with Crippen molar-refractivity contribution in [2.24, 2.45) is 15.7 Å². The van der Waals surface area contributed by atoms with Gasteiger partial charge < -0.3 is 25.4 Å². The average Bonchev–Trinajstić information content (AvgIpc) is 3.83. The summed E-state index contributed by atoms with van der Waals surface area (Å²) in [6, 6.07) is 16.6. The summed E-state index contributed by atoms with van der Waals surface area (Å²) >= 11 is 0. The molecule has 1 aromatic heterocycles. The summed E-state index contributed by atoms with van der Waals surface area (Å²) in [4.78, 5) is 33.3. The van der Waals surface area contributed by atoms with Crippen LogP contribution in [0.2, 0.25) is 0 Å². The number of amidine groups is 1. The number of benzene rings is 2. The van der Waals surface area contributed by atoms with E-state index in [1.165, 1.54) is 0 Å². The number of anilines is 2. The molecule has 1 amide bonds. The van der Waals surface area contributed by atoms with Crippen molar-refractivity contribution >= 4 is 35.0 Å². The standard InChI is InChI=1S/C28H28N8O3/c29-23(20-16-31-24(18-10-11-18)34-26(20)36-12-14-38-15-13-36)39-28(30)35-25-27(37)32-21-9-5-4-8-19(21)22(33-25)17-6-2-1-3-7-17/h1-9,16,18,25,29H,10-15H2,(H2,30,35)(H,32,37). The minimum absolute atomic E-state index is 0.260. The maximum Gasteiger partial charge on any atom is 0.291 e. The molecule has 198 valence electrons. The van der Waals surface area contributed by atoms with E-state index in [1.54, 1.807) is 6.20 Å². The summed E-state index contributed by atoms with van der Waals surface area (Å²) in [6.07, 6.45) is 2.51. The molecule has 11 heteroatoms. The molecule has 1 saturated heterocycles. The second-order valence-electron chi connectivity index (χ2n) is 9.49. The van der Waals surface area contributed by atoms with Crippen molar-refractivity contribution in [2.75, 3.05) is 36.5 Å². The summed E-state index contributed by atoms with van der Waals surface area (Å²) in [5.74, 6) is 1.02. The molecule has 2 fully saturated rings. The van der Waals surface area contributed by atoms with Gasteiger partial charge in [0.15, 0.2) is 0 Å². The number of nitrogens with two attached hydrogens (primary N) is 1. The number of hydrogen-bond acceptors (Lipinski definition) is 9. The fraction of sp³-hybridized carbons (Fsp3) is 0.286. The molecule has 2 aliphatic heterocycles. The number of nitrogens with one attached hydrogen (secondary N) is 2. The molecule has 1 aliphatic carbocycles. The van der Waals surface area contributed by atoms with Crippen LogP contribution >= 0.6 is 0 Å². The molecule has 11 nitrogen and oxygen atoms in total. The predicted molar refractivity (Wildman–Crippen MR) is 148 cm³/mol. The highest BCUT2D eigenvalue weighted by atomic mass is 16.5. The third-order valence-corrected chi connectivity index (χ3v) is 6.71. The van der Waals surface area contributed by atoms with Gasteiger partial charge in [-0.25, -0.2) is 15.0 Å². The lowest BCUT2D eigenvalue weighted by molar-refractivity contribution is -0.117. The first-order valence-electron chi connectivity index (χ1n) is 12.9. The molecule has 0 radical (unpaired) electrons. The average molecular weight is 525 g/mol. The minimum Gasteiger partial charge on any atom is -0.407 e. The van der Waals surface area contributed by atoms with Gasteiger partial charge in [-0.3, -0.25) is 10.2 Å². The van der Waals surface area contributed by atoms with E-state index >= 15 is 0 Å². The van der Waals surface area contributed by atoms with Crippen LogP contribution in [0.25, 0.3) is 0 Å². The van der Waals surface area contributed by atoms with E-state index in [9.17, 15) is 4.79 Å². The number of para-hydroxylation sites is 1. The normalized spacial score (nSPS) is 19.4. The van der Waals surface area contributed by atoms with E-state index in [1.807, 2.05) is 54.6 Å². The van der Waals surface area contributed by atoms with E-state index in [4.69, 9.17) is 25.6 Å². The van der Waals surface area contributed by atoms with Crippen LogP contribution in [0, 0.1) is 5.41 Å². The van der Waals surface area contributed by atoms with E-state index in [2.05, 4.69) is 25.2 Å². The molecule has 4 N–H and O–H groups in total. The summed E-state index contributed by atoms with van der Waals surface area (Å²) < 4.78 is 11.1. The highest BCUT2D eigenvalue weighted by molar-refractivity contribution is 6.19. The van der Waals surface area contributed by atoms with Crippen molar-refractivity contribution in [3.8, 4) is 0 Å². The number of benzodiazepines with no additional fused rings is 1. The van der Waals surface area contributed by atoms with Gasteiger partial charge in [-0.1, -0.05) is 48.5 Å². The Hall–Kier alpha value is -4.64. The van der Waals surface area contributed by atoms with Crippen LogP contribution in [0.1, 0.15) is 41.3 Å². The Kier molecular flexibility index (Phi) is 6.72. The van der Waals surface area contributed by atoms with Crippen molar-refractivity contribution < 1.29 is 14.3 Å². The number of morpholine rings is 1. The molecule has 2 aromatic carbocycles. The van der Waals surface area contributed by atoms with Crippen LogP contribution in [-0.4, -0.2) is 66.0 Å². The zero-order chi connectivity index (χ0) is 26.8. The molecule has 39 heavy (non-hydrogen) atoms. The van der Waals surface area contributed by atoms with Crippen LogP contribution in [0.4, 0.5) is 11.5 Å². The molecule has 1 atom stereocenters. The van der Waals surface area contributed by atoms with E-state index in [0.717, 1.165) is 29.8 Å². The van der Waals surface area contributed by atoms with E-state index < -0.39 is 12.1 Å². The van der Waals surface area contributed by atoms with Crippen LogP contribution in [-0.2, 0) is 14.3 Å². The fourth-order valence-electron chi connectivity index (χ4n) is 4.57. The molecule has 1 saturated carbocycles. The molecule has 1 unspecified atom stereocenters. The first-order chi connectivity index (χ1) is 19.1. The Morgan fingerprint density at radius 2 is 1.85 bits per heavy atom. The molecule has 3 aromatic rings. The molecule has 3 aliphatic rings. The van der Waals surface area contributed by atoms with Crippen molar-refractivity contribution in [1.82, 2.24) is 9.97 Å². The largest absolute Gasteiger partial charge is 0.407 e. The molecule has 0 bridgehead atoms. The van der Waals surface area contributed by atoms with Crippen LogP contribution in [0.5, 0.6) is 0 Å². The maximum absolute atomic E-state index is 13.1. The van der Waals surface area contributed by atoms with Gasteiger partial charge in [0.1, 0.15) is 11.6 Å². The first-order valence-corrected chi connectivity index (χ1v) is 12.9. The summed E-state index contributed by atoms with van der Waals surface area (Å²) in [5, 5.41) is 11.5. The number of nitrogens with zero attached hydrogens (tertiary/aromatic N) is 5. The number of carbonyl (C=O) groups is 1. The Morgan fingerprint density at radius 1 is 1.10 bits per heavy atom. The Balaban J connectivity index is 1.29. The zero-order valence-corrected chi connectivity index (χ0v) is 21.2. The van der Waals surface area contributed by atoms with Crippen molar-refractivity contribution in [2.45, 2.75) is 24.9 Å². The van der Waals surface area contributed by atoms with Crippen molar-refractivity contribution in [3.63, 3.8) is 0 Å². The number of carbonyl (C=O) groups excluding carboxylic acids is 1. The number of aliphatic imine (C=N–C) groups is 2. The van der Waals surface area contributed by atoms with Gasteiger partial charge in [-0.2, -0.15) is 4.99 Å². The number of rotatable bonds is 5. The number of fused-ring (bicyclic) bond motifs is 1. The SMILES string of the molecule is N=C(OC(N)=NC1N=C(c2ccccc2)c2ccccc2NC1=O)c1cnc(C2CC2)nc1N1CCOCC1. The van der Waals surface area contributed by atoms with Gasteiger partial charge in [0, 0.05) is 36.3 Å². The quantitative estimate of drug-likeness (QED) is 0.343. The molecular formula is C28H28N8O3. The summed E-state index contributed by atoms with van der Waals surface area (Å²) in [6.45, 7) is 2.43. The topological polar surface area (TPSA) is 151 Å². The maximum atomic E-state index is 13.1. The third-order valence-electron chi connectivity index (χ3n) is 6.71. The molecule has 3 heterocycles. The number of aromatic nitrogens is 2. The lowest BCUT2D eigenvalue weighted by Gasteiger charge is -2.29. The van der Waals surface area contributed by atoms with Gasteiger partial charge in [0.25, 0.3) is 11.9 Å². The molecule has 0 spiro atoms.